The smallest absolute Gasteiger partial charge is 0.149 e. The third-order valence-corrected chi connectivity index (χ3v) is 7.99. The normalized spacial score (nSPS) is 14.6. The number of carbonyl (C=O) groups excluding carboxylic acids is 1. The summed E-state index contributed by atoms with van der Waals surface area (Å²) in [6, 6.07) is 20.8. The summed E-state index contributed by atoms with van der Waals surface area (Å²) in [5.41, 5.74) is 3.22. The quantitative estimate of drug-likeness (QED) is 0.594. The summed E-state index contributed by atoms with van der Waals surface area (Å²) in [7, 11) is -1.85. The summed E-state index contributed by atoms with van der Waals surface area (Å²) in [5, 5.41) is 2.61. The average molecular weight is 316 g/mol. The van der Waals surface area contributed by atoms with Gasteiger partial charge in [0.2, 0.25) is 0 Å². The first kappa shape index (κ1) is 15.4. The summed E-state index contributed by atoms with van der Waals surface area (Å²) in [6.45, 7) is 4.62. The molecule has 0 atom stereocenters. The van der Waals surface area contributed by atoms with Crippen molar-refractivity contribution in [3.8, 4) is 0 Å². The van der Waals surface area contributed by atoms with Gasteiger partial charge in [-0.25, -0.2) is 0 Å². The molecule has 0 spiro atoms. The fourth-order valence-corrected chi connectivity index (χ4v) is 6.14. The van der Waals surface area contributed by atoms with E-state index >= 15 is 0 Å². The Morgan fingerprint density at radius 3 is 2.04 bits per heavy atom. The molecule has 0 saturated heterocycles. The number of carbonyl (C=O) groups is 1. The van der Waals surface area contributed by atoms with Gasteiger partial charge in [0.05, 0.1) is 0 Å². The summed E-state index contributed by atoms with van der Waals surface area (Å²) < 4.78 is 0. The highest BCUT2D eigenvalue weighted by Crippen LogP contribution is 2.35. The fourth-order valence-electron chi connectivity index (χ4n) is 3.10. The molecule has 0 radical (unpaired) electrons. The third kappa shape index (κ3) is 3.03. The lowest BCUT2D eigenvalue weighted by molar-refractivity contribution is -0.104. The summed E-state index contributed by atoms with van der Waals surface area (Å²) in [6.07, 6.45) is 7.24. The largest absolute Gasteiger partial charge is 0.298 e. The number of rotatable bonds is 5. The monoisotopic (exact) mass is 316 g/mol. The summed E-state index contributed by atoms with van der Waals surface area (Å²) >= 11 is 0. The van der Waals surface area contributed by atoms with Crippen LogP contribution in [0.3, 0.4) is 0 Å². The third-order valence-electron chi connectivity index (χ3n) is 4.39. The van der Waals surface area contributed by atoms with E-state index in [9.17, 15) is 4.79 Å². The van der Waals surface area contributed by atoms with E-state index in [-0.39, 0.29) is 0 Å². The van der Waals surface area contributed by atoms with Crippen LogP contribution in [0.5, 0.6) is 0 Å². The van der Waals surface area contributed by atoms with Crippen molar-refractivity contribution >= 4 is 25.6 Å². The first-order valence-electron chi connectivity index (χ1n) is 7.83. The molecule has 0 amide bonds. The maximum absolute atomic E-state index is 11.4. The number of hydrogen-bond donors (Lipinski definition) is 0. The summed E-state index contributed by atoms with van der Waals surface area (Å²) in [5.74, 6) is 0. The highest BCUT2D eigenvalue weighted by molar-refractivity contribution is 6.97. The number of allylic oxidation sites excluding steroid dienone is 5. The van der Waals surface area contributed by atoms with Gasteiger partial charge in [0.1, 0.15) is 14.4 Å². The Morgan fingerprint density at radius 1 is 0.826 bits per heavy atom. The predicted octanol–water partition coefficient (Wildman–Crippen LogP) is 4.29. The Kier molecular flexibility index (Phi) is 4.26. The standard InChI is InChI=1S/C21H20OSi/c1-23(2,20-11-7-4-8-12-20)21-18(15-19(21)16-22)14-13-17-9-5-3-6-10-17/h3-16H,1-2H3/b14-13+. The molecule has 0 N–H and O–H groups in total. The number of benzene rings is 2. The molecule has 0 bridgehead atoms. The molecular formula is C21H20OSi. The van der Waals surface area contributed by atoms with Crippen molar-refractivity contribution in [2.24, 2.45) is 0 Å². The van der Waals surface area contributed by atoms with Crippen LogP contribution in [-0.2, 0) is 4.79 Å². The van der Waals surface area contributed by atoms with Crippen molar-refractivity contribution < 1.29 is 4.79 Å². The molecule has 23 heavy (non-hydrogen) atoms. The van der Waals surface area contributed by atoms with Crippen LogP contribution in [0.4, 0.5) is 0 Å². The zero-order valence-corrected chi connectivity index (χ0v) is 14.5. The molecular weight excluding hydrogens is 296 g/mol. The molecule has 2 aromatic carbocycles. The molecule has 2 heteroatoms. The predicted molar refractivity (Wildman–Crippen MR) is 100 cm³/mol. The van der Waals surface area contributed by atoms with Gasteiger partial charge in [0.15, 0.2) is 0 Å². The van der Waals surface area contributed by atoms with Crippen molar-refractivity contribution in [2.45, 2.75) is 13.1 Å². The van der Waals surface area contributed by atoms with Crippen LogP contribution in [-0.4, -0.2) is 14.4 Å². The minimum Gasteiger partial charge on any atom is -0.298 e. The zero-order chi connectivity index (χ0) is 16.3. The maximum Gasteiger partial charge on any atom is 0.149 e. The Bertz CT molecular complexity index is 796. The van der Waals surface area contributed by atoms with Crippen LogP contribution in [0.25, 0.3) is 6.08 Å². The molecule has 3 rings (SSSR count). The molecule has 1 aliphatic carbocycles. The van der Waals surface area contributed by atoms with Gasteiger partial charge in [-0.05, 0) is 22.4 Å². The Labute approximate surface area is 138 Å². The van der Waals surface area contributed by atoms with E-state index in [0.29, 0.717) is 0 Å². The van der Waals surface area contributed by atoms with Crippen molar-refractivity contribution in [2.75, 3.05) is 0 Å². The van der Waals surface area contributed by atoms with Crippen LogP contribution >= 0.6 is 0 Å². The first-order valence-corrected chi connectivity index (χ1v) is 10.8. The van der Waals surface area contributed by atoms with Gasteiger partial charge < -0.3 is 0 Å². The van der Waals surface area contributed by atoms with Gasteiger partial charge >= 0.3 is 0 Å². The van der Waals surface area contributed by atoms with Gasteiger partial charge in [-0.1, -0.05) is 91.1 Å². The molecule has 0 aromatic heterocycles. The van der Waals surface area contributed by atoms with Crippen molar-refractivity contribution in [3.05, 3.63) is 94.7 Å². The molecule has 0 fully saturated rings. The molecule has 1 aliphatic rings. The van der Waals surface area contributed by atoms with Crippen LogP contribution in [0.1, 0.15) is 5.56 Å². The minimum atomic E-state index is -1.85. The van der Waals surface area contributed by atoms with Gasteiger partial charge in [0.25, 0.3) is 0 Å². The van der Waals surface area contributed by atoms with Gasteiger partial charge in [-0.2, -0.15) is 0 Å². The van der Waals surface area contributed by atoms with Gasteiger partial charge in [-0.3, -0.25) is 4.79 Å². The van der Waals surface area contributed by atoms with E-state index in [2.05, 4.69) is 61.6 Å². The number of aldehydes is 1. The highest BCUT2D eigenvalue weighted by Gasteiger charge is 2.35. The Hall–Kier alpha value is -2.45. The van der Waals surface area contributed by atoms with Crippen LogP contribution in [0, 0.1) is 0 Å². The lowest BCUT2D eigenvalue weighted by Crippen LogP contribution is -2.46. The molecule has 1 nitrogen and oxygen atoms in total. The highest BCUT2D eigenvalue weighted by atomic mass is 28.3. The molecule has 0 saturated carbocycles. The topological polar surface area (TPSA) is 17.1 Å². The van der Waals surface area contributed by atoms with E-state index in [1.807, 2.05) is 30.3 Å². The second-order valence-corrected chi connectivity index (χ2v) is 10.6. The number of hydrogen-bond acceptors (Lipinski definition) is 1. The lowest BCUT2D eigenvalue weighted by atomic mass is 9.98. The maximum atomic E-state index is 11.4. The van der Waals surface area contributed by atoms with Crippen LogP contribution < -0.4 is 5.19 Å². The van der Waals surface area contributed by atoms with E-state index in [1.165, 1.54) is 21.5 Å². The SMILES string of the molecule is C[Si](C)(C1=C(/C=C/c2ccccc2)C=C1C=O)c1ccccc1. The Morgan fingerprint density at radius 2 is 1.43 bits per heavy atom. The van der Waals surface area contributed by atoms with E-state index in [1.54, 1.807) is 0 Å². The first-order chi connectivity index (χ1) is 11.1. The zero-order valence-electron chi connectivity index (χ0n) is 13.5. The molecule has 2 aromatic rings. The second-order valence-electron chi connectivity index (χ2n) is 6.28. The van der Waals surface area contributed by atoms with Crippen LogP contribution in [0.2, 0.25) is 13.1 Å². The minimum absolute atomic E-state index is 0.859. The second kappa shape index (κ2) is 6.35. The van der Waals surface area contributed by atoms with Crippen molar-refractivity contribution in [1.82, 2.24) is 0 Å². The van der Waals surface area contributed by atoms with Crippen molar-refractivity contribution in [1.29, 1.82) is 0 Å². The molecule has 0 aliphatic heterocycles. The van der Waals surface area contributed by atoms with Gasteiger partial charge in [0, 0.05) is 5.57 Å². The van der Waals surface area contributed by atoms with Crippen LogP contribution in [0.15, 0.2) is 89.2 Å². The van der Waals surface area contributed by atoms with E-state index < -0.39 is 8.07 Å². The van der Waals surface area contributed by atoms with Crippen molar-refractivity contribution in [3.63, 3.8) is 0 Å². The molecule has 0 unspecified atom stereocenters. The lowest BCUT2D eigenvalue weighted by Gasteiger charge is -2.33. The molecule has 0 heterocycles. The molecule has 114 valence electrons. The summed E-state index contributed by atoms with van der Waals surface area (Å²) in [4.78, 5) is 11.4. The average Bonchev–Trinajstić information content (AvgIpc) is 2.55. The fraction of sp³-hybridized carbons (Fsp3) is 0.0952. The van der Waals surface area contributed by atoms with E-state index in [0.717, 1.165) is 11.9 Å². The Balaban J connectivity index is 1.96. The van der Waals surface area contributed by atoms with Gasteiger partial charge in [-0.15, -0.1) is 0 Å². The van der Waals surface area contributed by atoms with E-state index in [4.69, 9.17) is 0 Å².